The molecule has 0 amide bonds. The van der Waals surface area contributed by atoms with Crippen molar-refractivity contribution in [3.8, 4) is 0 Å². The molecule has 7 nitrogen and oxygen atoms in total. The van der Waals surface area contributed by atoms with Crippen LogP contribution in [0.5, 0.6) is 0 Å². The van der Waals surface area contributed by atoms with Crippen LogP contribution in [0, 0.1) is 0 Å². The molecule has 0 radical (unpaired) electrons. The third-order valence-corrected chi connectivity index (χ3v) is 3.43. The molecular weight excluding hydrogens is 224 g/mol. The first-order valence-electron chi connectivity index (χ1n) is 5.52. The first-order chi connectivity index (χ1) is 8.24. The molecule has 1 unspecified atom stereocenters. The van der Waals surface area contributed by atoms with E-state index in [2.05, 4.69) is 10.3 Å². The number of pyridine rings is 1. The largest absolute Gasteiger partial charge is 0.390 e. The van der Waals surface area contributed by atoms with Crippen molar-refractivity contribution >= 4 is 11.2 Å². The first kappa shape index (κ1) is 9.32. The van der Waals surface area contributed by atoms with Gasteiger partial charge in [-0.05, 0) is 6.07 Å². The average Bonchev–Trinajstić information content (AvgIpc) is 2.79. The molecule has 17 heavy (non-hydrogen) atoms. The van der Waals surface area contributed by atoms with Gasteiger partial charge in [0.2, 0.25) is 0 Å². The highest BCUT2D eigenvalue weighted by Crippen LogP contribution is 2.33. The van der Waals surface area contributed by atoms with Crippen molar-refractivity contribution in [1.82, 2.24) is 19.6 Å². The number of hydrogen-bond donors (Lipinski definition) is 1. The Hall–Kier alpha value is -1.73. The van der Waals surface area contributed by atoms with Crippen LogP contribution in [-0.2, 0) is 11.3 Å². The predicted molar refractivity (Wildman–Crippen MR) is 56.3 cm³/mol. The van der Waals surface area contributed by atoms with Crippen molar-refractivity contribution in [2.75, 3.05) is 0 Å². The molecule has 88 valence electrons. The molecule has 2 aliphatic heterocycles. The second kappa shape index (κ2) is 2.93. The van der Waals surface area contributed by atoms with E-state index in [-0.39, 0.29) is 11.7 Å². The van der Waals surface area contributed by atoms with Crippen molar-refractivity contribution in [3.63, 3.8) is 0 Å². The Bertz CT molecular complexity index is 661. The van der Waals surface area contributed by atoms with Crippen LogP contribution < -0.4 is 5.56 Å². The van der Waals surface area contributed by atoms with Gasteiger partial charge in [0.25, 0.3) is 5.56 Å². The van der Waals surface area contributed by atoms with E-state index < -0.39 is 12.3 Å². The van der Waals surface area contributed by atoms with Gasteiger partial charge in [0.15, 0.2) is 5.65 Å². The SMILES string of the molecule is O=c1ccc2nnn3c2n1[C@H]1CC(O)[C@H](C3)O1. The van der Waals surface area contributed by atoms with E-state index in [4.69, 9.17) is 4.74 Å². The number of fused-ring (bicyclic) bond motifs is 3. The third kappa shape index (κ3) is 1.10. The summed E-state index contributed by atoms with van der Waals surface area (Å²) in [6, 6.07) is 3.11. The first-order valence-corrected chi connectivity index (χ1v) is 5.52. The maximum atomic E-state index is 11.9. The van der Waals surface area contributed by atoms with Gasteiger partial charge in [-0.1, -0.05) is 5.21 Å². The van der Waals surface area contributed by atoms with Crippen LogP contribution in [0.25, 0.3) is 11.2 Å². The van der Waals surface area contributed by atoms with Crippen LogP contribution >= 0.6 is 0 Å². The fourth-order valence-electron chi connectivity index (χ4n) is 2.62. The second-order valence-electron chi connectivity index (χ2n) is 4.45. The predicted octanol–water partition coefficient (Wildman–Crippen LogP) is -0.745. The Morgan fingerprint density at radius 1 is 1.47 bits per heavy atom. The average molecular weight is 234 g/mol. The van der Waals surface area contributed by atoms with Gasteiger partial charge in [-0.15, -0.1) is 5.10 Å². The lowest BCUT2D eigenvalue weighted by atomic mass is 10.1. The van der Waals surface area contributed by atoms with Crippen molar-refractivity contribution < 1.29 is 9.84 Å². The number of aliphatic hydroxyl groups excluding tert-OH is 1. The van der Waals surface area contributed by atoms with E-state index in [0.29, 0.717) is 24.1 Å². The highest BCUT2D eigenvalue weighted by Gasteiger charge is 2.39. The molecule has 3 atom stereocenters. The molecule has 1 N–H and O–H groups in total. The summed E-state index contributed by atoms with van der Waals surface area (Å²) >= 11 is 0. The van der Waals surface area contributed by atoms with Crippen molar-refractivity contribution in [2.45, 2.75) is 31.4 Å². The fourth-order valence-corrected chi connectivity index (χ4v) is 2.62. The molecule has 2 aromatic heterocycles. The van der Waals surface area contributed by atoms with Crippen LogP contribution in [0.4, 0.5) is 0 Å². The Morgan fingerprint density at radius 2 is 2.35 bits per heavy atom. The molecule has 2 bridgehead atoms. The lowest BCUT2D eigenvalue weighted by Crippen LogP contribution is -2.28. The minimum absolute atomic E-state index is 0.152. The minimum Gasteiger partial charge on any atom is -0.390 e. The molecule has 2 aromatic rings. The summed E-state index contributed by atoms with van der Waals surface area (Å²) in [5.74, 6) is 0. The molecule has 0 aliphatic carbocycles. The molecule has 4 heterocycles. The van der Waals surface area contributed by atoms with Gasteiger partial charge in [-0.25, -0.2) is 4.68 Å². The number of hydrogen-bond acceptors (Lipinski definition) is 5. The smallest absolute Gasteiger partial charge is 0.254 e. The third-order valence-electron chi connectivity index (χ3n) is 3.43. The van der Waals surface area contributed by atoms with Crippen LogP contribution in [0.15, 0.2) is 16.9 Å². The van der Waals surface area contributed by atoms with Gasteiger partial charge < -0.3 is 9.84 Å². The number of aromatic nitrogens is 4. The Morgan fingerprint density at radius 3 is 3.24 bits per heavy atom. The molecule has 4 rings (SSSR count). The number of nitrogens with zero attached hydrogens (tertiary/aromatic N) is 4. The molecule has 0 saturated carbocycles. The minimum atomic E-state index is -0.556. The van der Waals surface area contributed by atoms with Crippen LogP contribution in [-0.4, -0.2) is 36.9 Å². The summed E-state index contributed by atoms with van der Waals surface area (Å²) in [6.45, 7) is 0.428. The summed E-state index contributed by atoms with van der Waals surface area (Å²) in [7, 11) is 0. The highest BCUT2D eigenvalue weighted by molar-refractivity contribution is 5.70. The quantitative estimate of drug-likeness (QED) is 0.649. The van der Waals surface area contributed by atoms with E-state index in [9.17, 15) is 9.90 Å². The molecular formula is C10H10N4O3. The second-order valence-corrected chi connectivity index (χ2v) is 4.45. The zero-order valence-electron chi connectivity index (χ0n) is 8.85. The van der Waals surface area contributed by atoms with E-state index in [1.54, 1.807) is 10.7 Å². The van der Waals surface area contributed by atoms with Gasteiger partial charge in [0, 0.05) is 12.5 Å². The van der Waals surface area contributed by atoms with Crippen LogP contribution in [0.1, 0.15) is 12.6 Å². The zero-order chi connectivity index (χ0) is 11.6. The Kier molecular flexibility index (Phi) is 1.61. The van der Waals surface area contributed by atoms with Crippen molar-refractivity contribution in [3.05, 3.63) is 22.5 Å². The maximum absolute atomic E-state index is 11.9. The number of ether oxygens (including phenoxy) is 1. The van der Waals surface area contributed by atoms with E-state index >= 15 is 0 Å². The lowest BCUT2D eigenvalue weighted by molar-refractivity contribution is -0.0202. The van der Waals surface area contributed by atoms with Crippen LogP contribution in [0.2, 0.25) is 0 Å². The summed E-state index contributed by atoms with van der Waals surface area (Å²) in [5, 5.41) is 17.8. The number of rotatable bonds is 0. The van der Waals surface area contributed by atoms with Gasteiger partial charge in [0.05, 0.1) is 12.6 Å². The summed E-state index contributed by atoms with van der Waals surface area (Å²) < 4.78 is 8.83. The van der Waals surface area contributed by atoms with Gasteiger partial charge in [-0.2, -0.15) is 0 Å². The van der Waals surface area contributed by atoms with Crippen LogP contribution in [0.3, 0.4) is 0 Å². The van der Waals surface area contributed by atoms with E-state index in [1.807, 2.05) is 0 Å². The Labute approximate surface area is 95.2 Å². The fraction of sp³-hybridized carbons (Fsp3) is 0.500. The van der Waals surface area contributed by atoms with E-state index in [1.165, 1.54) is 10.6 Å². The summed E-state index contributed by atoms with van der Waals surface area (Å²) in [4.78, 5) is 11.9. The van der Waals surface area contributed by atoms with Crippen molar-refractivity contribution in [1.29, 1.82) is 0 Å². The standard InChI is InChI=1S/C10H10N4O3/c15-6-3-9-14-8(16)2-1-5-10(14)13(12-11-5)4-7(6)17-9/h1-2,6-7,9,15H,3-4H2/t6?,7-,9+/m0/s1. The molecule has 1 fully saturated rings. The topological polar surface area (TPSA) is 82.2 Å². The zero-order valence-corrected chi connectivity index (χ0v) is 8.85. The molecule has 2 aliphatic rings. The molecule has 0 spiro atoms. The molecule has 1 saturated heterocycles. The van der Waals surface area contributed by atoms with Crippen molar-refractivity contribution in [2.24, 2.45) is 0 Å². The maximum Gasteiger partial charge on any atom is 0.254 e. The Balaban J connectivity index is 2.10. The molecule has 7 heteroatoms. The number of aliphatic hydroxyl groups is 1. The lowest BCUT2D eigenvalue weighted by Gasteiger charge is -2.13. The summed E-state index contributed by atoms with van der Waals surface area (Å²) in [6.07, 6.45) is -0.843. The highest BCUT2D eigenvalue weighted by atomic mass is 16.5. The molecule has 0 aromatic carbocycles. The van der Waals surface area contributed by atoms with E-state index in [0.717, 1.165) is 0 Å². The van der Waals surface area contributed by atoms with Gasteiger partial charge in [-0.3, -0.25) is 9.36 Å². The summed E-state index contributed by atoms with van der Waals surface area (Å²) in [5.41, 5.74) is 1.20. The monoisotopic (exact) mass is 234 g/mol. The van der Waals surface area contributed by atoms with Gasteiger partial charge >= 0.3 is 0 Å². The van der Waals surface area contributed by atoms with Gasteiger partial charge in [0.1, 0.15) is 17.8 Å². The normalized spacial score (nSPS) is 30.8.